The summed E-state index contributed by atoms with van der Waals surface area (Å²) in [5.74, 6) is 2.46. The topological polar surface area (TPSA) is 105 Å². The number of hydrogen-bond acceptors (Lipinski definition) is 7. The third-order valence-electron chi connectivity index (χ3n) is 4.37. The number of amides is 1. The lowest BCUT2D eigenvalue weighted by atomic mass is 10.2. The van der Waals surface area contributed by atoms with Crippen LogP contribution in [0.25, 0.3) is 0 Å². The summed E-state index contributed by atoms with van der Waals surface area (Å²) < 4.78 is 0. The Labute approximate surface area is 179 Å². The fourth-order valence-corrected chi connectivity index (χ4v) is 2.92. The van der Waals surface area contributed by atoms with Gasteiger partial charge in [0.25, 0.3) is 5.91 Å². The van der Waals surface area contributed by atoms with Crippen molar-refractivity contribution >= 4 is 34.7 Å². The predicted octanol–water partition coefficient (Wildman–Crippen LogP) is 4.62. The lowest BCUT2D eigenvalue weighted by Crippen LogP contribution is -2.11. The molecule has 0 atom stereocenters. The number of benzene rings is 1. The summed E-state index contributed by atoms with van der Waals surface area (Å²) in [6.45, 7) is 3.84. The first-order chi connectivity index (χ1) is 15.0. The summed E-state index contributed by atoms with van der Waals surface area (Å²) in [4.78, 5) is 29.3. The molecular weight excluding hydrogens is 390 g/mol. The van der Waals surface area contributed by atoms with Crippen LogP contribution in [-0.4, -0.2) is 25.8 Å². The highest BCUT2D eigenvalue weighted by molar-refractivity contribution is 6.04. The number of nitrogens with one attached hydrogen (secondary N) is 3. The van der Waals surface area contributed by atoms with E-state index in [9.17, 15) is 4.79 Å². The van der Waals surface area contributed by atoms with Gasteiger partial charge >= 0.3 is 0 Å². The number of aryl methyl sites for hydroxylation is 2. The first-order valence-electron chi connectivity index (χ1n) is 9.69. The first-order valence-corrected chi connectivity index (χ1v) is 9.69. The monoisotopic (exact) mass is 411 g/mol. The van der Waals surface area contributed by atoms with Gasteiger partial charge in [-0.1, -0.05) is 0 Å². The number of hydrogen-bond donors (Lipinski definition) is 3. The molecule has 3 aromatic heterocycles. The molecule has 154 valence electrons. The van der Waals surface area contributed by atoms with E-state index in [1.54, 1.807) is 30.7 Å². The fraction of sp³-hybridized carbons (Fsp3) is 0.0870. The van der Waals surface area contributed by atoms with Crippen molar-refractivity contribution in [3.8, 4) is 0 Å². The van der Waals surface area contributed by atoms with Crippen LogP contribution in [0.1, 0.15) is 21.7 Å². The van der Waals surface area contributed by atoms with Gasteiger partial charge in [-0.3, -0.25) is 9.78 Å². The van der Waals surface area contributed by atoms with Crippen molar-refractivity contribution in [3.05, 3.63) is 90.1 Å². The predicted molar refractivity (Wildman–Crippen MR) is 121 cm³/mol. The number of anilines is 5. The zero-order chi connectivity index (χ0) is 21.6. The Kier molecular flexibility index (Phi) is 5.79. The van der Waals surface area contributed by atoms with Crippen LogP contribution in [0.4, 0.5) is 28.8 Å². The molecule has 1 amide bonds. The van der Waals surface area contributed by atoms with Gasteiger partial charge in [-0.15, -0.1) is 0 Å². The Balaban J connectivity index is 1.44. The van der Waals surface area contributed by atoms with E-state index in [1.165, 1.54) is 0 Å². The molecule has 31 heavy (non-hydrogen) atoms. The minimum absolute atomic E-state index is 0.185. The largest absolute Gasteiger partial charge is 0.340 e. The molecule has 0 saturated heterocycles. The van der Waals surface area contributed by atoms with Gasteiger partial charge in [-0.2, -0.15) is 0 Å². The van der Waals surface area contributed by atoms with E-state index in [2.05, 4.69) is 35.9 Å². The summed E-state index contributed by atoms with van der Waals surface area (Å²) in [5.41, 5.74) is 3.19. The van der Waals surface area contributed by atoms with Gasteiger partial charge in [-0.05, 0) is 67.9 Å². The standard InChI is InChI=1S/C23H21N7O/c1-15-7-12-25-20(13-15)30-22-14-21(26-16(2)27-22)28-18-3-5-19(6-4-18)29-23(31)17-8-10-24-11-9-17/h3-14H,1-2H3,(H,29,31)(H2,25,26,27,28,30). The van der Waals surface area contributed by atoms with Crippen molar-refractivity contribution < 1.29 is 4.79 Å². The van der Waals surface area contributed by atoms with Crippen LogP contribution < -0.4 is 16.0 Å². The Morgan fingerprint density at radius 3 is 2.13 bits per heavy atom. The molecule has 0 saturated carbocycles. The lowest BCUT2D eigenvalue weighted by molar-refractivity contribution is 0.102. The summed E-state index contributed by atoms with van der Waals surface area (Å²) in [6, 6.07) is 16.4. The van der Waals surface area contributed by atoms with E-state index >= 15 is 0 Å². The van der Waals surface area contributed by atoms with Gasteiger partial charge < -0.3 is 16.0 Å². The smallest absolute Gasteiger partial charge is 0.255 e. The fourth-order valence-electron chi connectivity index (χ4n) is 2.92. The molecule has 8 heteroatoms. The minimum Gasteiger partial charge on any atom is -0.340 e. The summed E-state index contributed by atoms with van der Waals surface area (Å²) in [6.07, 6.45) is 4.92. The first kappa shape index (κ1) is 20.0. The van der Waals surface area contributed by atoms with E-state index in [4.69, 9.17) is 0 Å². The maximum atomic E-state index is 12.3. The molecule has 0 bridgehead atoms. The second-order valence-corrected chi connectivity index (χ2v) is 6.92. The number of carbonyl (C=O) groups excluding carboxylic acids is 1. The molecular formula is C23H21N7O. The van der Waals surface area contributed by atoms with Crippen molar-refractivity contribution in [2.24, 2.45) is 0 Å². The molecule has 0 aliphatic rings. The van der Waals surface area contributed by atoms with E-state index < -0.39 is 0 Å². The number of aromatic nitrogens is 4. The Morgan fingerprint density at radius 1 is 0.742 bits per heavy atom. The van der Waals surface area contributed by atoms with Gasteiger partial charge in [0, 0.05) is 41.6 Å². The van der Waals surface area contributed by atoms with Gasteiger partial charge in [0.2, 0.25) is 0 Å². The molecule has 8 nitrogen and oxygen atoms in total. The van der Waals surface area contributed by atoms with Crippen LogP contribution in [0.15, 0.2) is 73.2 Å². The number of pyridine rings is 2. The number of carbonyl (C=O) groups is 1. The van der Waals surface area contributed by atoms with Crippen LogP contribution in [-0.2, 0) is 0 Å². The molecule has 0 radical (unpaired) electrons. The highest BCUT2D eigenvalue weighted by Crippen LogP contribution is 2.21. The zero-order valence-corrected chi connectivity index (χ0v) is 17.1. The van der Waals surface area contributed by atoms with Crippen molar-refractivity contribution in [1.29, 1.82) is 0 Å². The molecule has 3 N–H and O–H groups in total. The molecule has 4 aromatic rings. The maximum Gasteiger partial charge on any atom is 0.255 e. The third-order valence-corrected chi connectivity index (χ3v) is 4.37. The zero-order valence-electron chi connectivity index (χ0n) is 17.1. The minimum atomic E-state index is -0.185. The van der Waals surface area contributed by atoms with Crippen molar-refractivity contribution in [2.45, 2.75) is 13.8 Å². The maximum absolute atomic E-state index is 12.3. The Bertz CT molecular complexity index is 1190. The summed E-state index contributed by atoms with van der Waals surface area (Å²) in [7, 11) is 0. The van der Waals surface area contributed by atoms with Crippen molar-refractivity contribution in [3.63, 3.8) is 0 Å². The molecule has 0 unspecified atom stereocenters. The molecule has 3 heterocycles. The summed E-state index contributed by atoms with van der Waals surface area (Å²) >= 11 is 0. The van der Waals surface area contributed by atoms with E-state index in [0.717, 1.165) is 17.1 Å². The van der Waals surface area contributed by atoms with Gasteiger partial charge in [0.05, 0.1) is 0 Å². The second kappa shape index (κ2) is 9.00. The average Bonchev–Trinajstić information content (AvgIpc) is 2.75. The van der Waals surface area contributed by atoms with Crippen LogP contribution in [0.3, 0.4) is 0 Å². The highest BCUT2D eigenvalue weighted by atomic mass is 16.1. The second-order valence-electron chi connectivity index (χ2n) is 6.92. The average molecular weight is 411 g/mol. The van der Waals surface area contributed by atoms with Crippen LogP contribution >= 0.6 is 0 Å². The number of rotatable bonds is 6. The van der Waals surface area contributed by atoms with E-state index in [1.807, 2.05) is 56.3 Å². The van der Waals surface area contributed by atoms with Crippen molar-refractivity contribution in [2.75, 3.05) is 16.0 Å². The Morgan fingerprint density at radius 2 is 1.42 bits per heavy atom. The van der Waals surface area contributed by atoms with E-state index in [-0.39, 0.29) is 5.91 Å². The lowest BCUT2D eigenvalue weighted by Gasteiger charge is -2.11. The molecule has 4 rings (SSSR count). The van der Waals surface area contributed by atoms with Crippen LogP contribution in [0.2, 0.25) is 0 Å². The molecule has 0 fully saturated rings. The molecule has 0 spiro atoms. The van der Waals surface area contributed by atoms with Crippen LogP contribution in [0.5, 0.6) is 0 Å². The van der Waals surface area contributed by atoms with E-state index in [0.29, 0.717) is 28.7 Å². The van der Waals surface area contributed by atoms with Gasteiger partial charge in [-0.25, -0.2) is 15.0 Å². The van der Waals surface area contributed by atoms with Crippen LogP contribution in [0, 0.1) is 13.8 Å². The molecule has 0 aliphatic heterocycles. The quantitative estimate of drug-likeness (QED) is 0.425. The highest BCUT2D eigenvalue weighted by Gasteiger charge is 2.07. The van der Waals surface area contributed by atoms with Gasteiger partial charge in [0.1, 0.15) is 23.3 Å². The molecule has 1 aromatic carbocycles. The normalized spacial score (nSPS) is 10.4. The third kappa shape index (κ3) is 5.39. The van der Waals surface area contributed by atoms with Crippen molar-refractivity contribution in [1.82, 2.24) is 19.9 Å². The SMILES string of the molecule is Cc1ccnc(Nc2cc(Nc3ccc(NC(=O)c4ccncc4)cc3)nc(C)n2)c1. The summed E-state index contributed by atoms with van der Waals surface area (Å²) in [5, 5.41) is 9.33. The number of nitrogens with zero attached hydrogens (tertiary/aromatic N) is 4. The molecule has 0 aliphatic carbocycles. The van der Waals surface area contributed by atoms with Gasteiger partial charge in [0.15, 0.2) is 0 Å². The Hall–Kier alpha value is -4.33.